The molecule has 1 rings (SSSR count). The zero-order chi connectivity index (χ0) is 10.9. The molecular weight excluding hydrogens is 227 g/mol. The van der Waals surface area contributed by atoms with Gasteiger partial charge >= 0.3 is 0 Å². The summed E-state index contributed by atoms with van der Waals surface area (Å²) in [5.41, 5.74) is 1.41. The third-order valence-corrected chi connectivity index (χ3v) is 3.16. The molecule has 0 aliphatic rings. The van der Waals surface area contributed by atoms with Crippen LogP contribution in [0.3, 0.4) is 0 Å². The van der Waals surface area contributed by atoms with Crippen molar-refractivity contribution in [1.29, 1.82) is 0 Å². The summed E-state index contributed by atoms with van der Waals surface area (Å²) in [5, 5.41) is 0. The van der Waals surface area contributed by atoms with E-state index in [9.17, 15) is 0 Å². The Morgan fingerprint density at radius 1 is 0.867 bits per heavy atom. The van der Waals surface area contributed by atoms with E-state index in [1.165, 1.54) is 12.0 Å². The third kappa shape index (κ3) is 5.44. The minimum absolute atomic E-state index is 0.681. The number of aryl methyl sites for hydroxylation is 1. The summed E-state index contributed by atoms with van der Waals surface area (Å²) < 4.78 is 0. The SMILES string of the molecule is ClCCC(CCCl)CCc1ccccc1. The molecule has 0 aliphatic carbocycles. The van der Waals surface area contributed by atoms with Gasteiger partial charge in [-0.1, -0.05) is 30.3 Å². The Morgan fingerprint density at radius 3 is 2.00 bits per heavy atom. The lowest BCUT2D eigenvalue weighted by Crippen LogP contribution is -2.04. The predicted octanol–water partition coefficient (Wildman–Crippen LogP) is 4.49. The van der Waals surface area contributed by atoms with Crippen LogP contribution in [0.1, 0.15) is 24.8 Å². The van der Waals surface area contributed by atoms with Crippen LogP contribution in [0.15, 0.2) is 30.3 Å². The van der Waals surface area contributed by atoms with Gasteiger partial charge in [-0.15, -0.1) is 23.2 Å². The first-order valence-corrected chi connectivity index (χ1v) is 6.59. The fraction of sp³-hybridized carbons (Fsp3) is 0.538. The minimum atomic E-state index is 0.681. The van der Waals surface area contributed by atoms with Crippen LogP contribution >= 0.6 is 23.2 Å². The molecule has 0 radical (unpaired) electrons. The average Bonchev–Trinajstić information content (AvgIpc) is 2.28. The molecule has 0 aliphatic heterocycles. The molecule has 0 saturated heterocycles. The maximum absolute atomic E-state index is 5.77. The van der Waals surface area contributed by atoms with Gasteiger partial charge in [-0.05, 0) is 37.2 Å². The molecule has 0 atom stereocenters. The van der Waals surface area contributed by atoms with Gasteiger partial charge in [-0.3, -0.25) is 0 Å². The molecule has 0 amide bonds. The van der Waals surface area contributed by atoms with Crippen LogP contribution in [0, 0.1) is 5.92 Å². The number of alkyl halides is 2. The summed E-state index contributed by atoms with van der Waals surface area (Å²) in [4.78, 5) is 0. The molecular formula is C13H18Cl2. The number of halogens is 2. The van der Waals surface area contributed by atoms with Gasteiger partial charge in [0.05, 0.1) is 0 Å². The first kappa shape index (κ1) is 12.9. The van der Waals surface area contributed by atoms with Gasteiger partial charge in [0.25, 0.3) is 0 Å². The highest BCUT2D eigenvalue weighted by atomic mass is 35.5. The Hall–Kier alpha value is -0.200. The van der Waals surface area contributed by atoms with Gasteiger partial charge in [0, 0.05) is 11.8 Å². The van der Waals surface area contributed by atoms with Crippen molar-refractivity contribution in [3.8, 4) is 0 Å². The van der Waals surface area contributed by atoms with Crippen molar-refractivity contribution in [3.05, 3.63) is 35.9 Å². The van der Waals surface area contributed by atoms with E-state index in [0.717, 1.165) is 31.0 Å². The molecule has 0 saturated carbocycles. The summed E-state index contributed by atoms with van der Waals surface area (Å²) in [6, 6.07) is 10.6. The Bertz CT molecular complexity index is 240. The molecule has 1 aromatic rings. The molecule has 0 aromatic heterocycles. The molecule has 0 heterocycles. The maximum atomic E-state index is 5.77. The first-order chi connectivity index (χ1) is 7.36. The van der Waals surface area contributed by atoms with E-state index >= 15 is 0 Å². The van der Waals surface area contributed by atoms with Gasteiger partial charge in [-0.25, -0.2) is 0 Å². The van der Waals surface area contributed by atoms with E-state index in [1.807, 2.05) is 0 Å². The highest BCUT2D eigenvalue weighted by Gasteiger charge is 2.07. The van der Waals surface area contributed by atoms with Crippen molar-refractivity contribution >= 4 is 23.2 Å². The highest BCUT2D eigenvalue weighted by Crippen LogP contribution is 2.18. The largest absolute Gasteiger partial charge is 0.127 e. The number of rotatable bonds is 7. The molecule has 0 bridgehead atoms. The van der Waals surface area contributed by atoms with Crippen molar-refractivity contribution in [2.45, 2.75) is 25.7 Å². The van der Waals surface area contributed by atoms with Gasteiger partial charge in [-0.2, -0.15) is 0 Å². The molecule has 2 heteroatoms. The highest BCUT2D eigenvalue weighted by molar-refractivity contribution is 6.18. The van der Waals surface area contributed by atoms with Crippen LogP contribution < -0.4 is 0 Å². The smallest absolute Gasteiger partial charge is 0.0226 e. The van der Waals surface area contributed by atoms with Crippen molar-refractivity contribution in [2.24, 2.45) is 5.92 Å². The van der Waals surface area contributed by atoms with E-state index in [0.29, 0.717) is 5.92 Å². The van der Waals surface area contributed by atoms with Crippen LogP contribution in [0.2, 0.25) is 0 Å². The lowest BCUT2D eigenvalue weighted by molar-refractivity contribution is 0.461. The molecule has 1 aromatic carbocycles. The number of hydrogen-bond acceptors (Lipinski definition) is 0. The quantitative estimate of drug-likeness (QED) is 0.621. The number of hydrogen-bond donors (Lipinski definition) is 0. The van der Waals surface area contributed by atoms with Crippen LogP contribution in [-0.4, -0.2) is 11.8 Å². The van der Waals surface area contributed by atoms with E-state index < -0.39 is 0 Å². The average molecular weight is 245 g/mol. The Morgan fingerprint density at radius 2 is 1.47 bits per heavy atom. The summed E-state index contributed by atoms with van der Waals surface area (Å²) in [5.74, 6) is 2.17. The predicted molar refractivity (Wildman–Crippen MR) is 68.9 cm³/mol. The lowest BCUT2D eigenvalue weighted by Gasteiger charge is -2.13. The maximum Gasteiger partial charge on any atom is 0.0226 e. The van der Waals surface area contributed by atoms with Gasteiger partial charge in [0.2, 0.25) is 0 Å². The molecule has 0 spiro atoms. The first-order valence-electron chi connectivity index (χ1n) is 5.52. The zero-order valence-electron chi connectivity index (χ0n) is 8.96. The van der Waals surface area contributed by atoms with E-state index in [2.05, 4.69) is 30.3 Å². The van der Waals surface area contributed by atoms with E-state index in [1.54, 1.807) is 0 Å². The number of benzene rings is 1. The van der Waals surface area contributed by atoms with Crippen LogP contribution in [0.5, 0.6) is 0 Å². The summed E-state index contributed by atoms with van der Waals surface area (Å²) in [7, 11) is 0. The summed E-state index contributed by atoms with van der Waals surface area (Å²) in [6.07, 6.45) is 4.50. The lowest BCUT2D eigenvalue weighted by atomic mass is 9.95. The second kappa shape index (κ2) is 8.01. The van der Waals surface area contributed by atoms with Crippen LogP contribution in [0.4, 0.5) is 0 Å². The topological polar surface area (TPSA) is 0 Å². The molecule has 0 N–H and O–H groups in total. The molecule has 15 heavy (non-hydrogen) atoms. The molecule has 84 valence electrons. The molecule has 0 nitrogen and oxygen atoms in total. The van der Waals surface area contributed by atoms with Crippen molar-refractivity contribution in [1.82, 2.24) is 0 Å². The Kier molecular flexibility index (Phi) is 6.87. The Balaban J connectivity index is 2.33. The van der Waals surface area contributed by atoms with Crippen LogP contribution in [-0.2, 0) is 6.42 Å². The van der Waals surface area contributed by atoms with Crippen LogP contribution in [0.25, 0.3) is 0 Å². The molecule has 0 fully saturated rings. The van der Waals surface area contributed by atoms with Gasteiger partial charge in [0.15, 0.2) is 0 Å². The third-order valence-electron chi connectivity index (χ3n) is 2.72. The zero-order valence-corrected chi connectivity index (χ0v) is 10.5. The normalized spacial score (nSPS) is 10.9. The van der Waals surface area contributed by atoms with E-state index in [4.69, 9.17) is 23.2 Å². The monoisotopic (exact) mass is 244 g/mol. The van der Waals surface area contributed by atoms with Gasteiger partial charge < -0.3 is 0 Å². The Labute approximate surface area is 103 Å². The second-order valence-electron chi connectivity index (χ2n) is 3.85. The van der Waals surface area contributed by atoms with Crippen molar-refractivity contribution in [3.63, 3.8) is 0 Å². The molecule has 0 unspecified atom stereocenters. The fourth-order valence-corrected chi connectivity index (χ4v) is 2.37. The van der Waals surface area contributed by atoms with Gasteiger partial charge in [0.1, 0.15) is 0 Å². The van der Waals surface area contributed by atoms with E-state index in [-0.39, 0.29) is 0 Å². The minimum Gasteiger partial charge on any atom is -0.127 e. The fourth-order valence-electron chi connectivity index (χ4n) is 1.76. The second-order valence-corrected chi connectivity index (χ2v) is 4.60. The standard InChI is InChI=1S/C13H18Cl2/c14-10-8-13(9-11-15)7-6-12-4-2-1-3-5-12/h1-5,13H,6-11H2. The van der Waals surface area contributed by atoms with Crippen molar-refractivity contribution < 1.29 is 0 Å². The summed E-state index contributed by atoms with van der Waals surface area (Å²) >= 11 is 11.5. The summed E-state index contributed by atoms with van der Waals surface area (Å²) in [6.45, 7) is 0. The van der Waals surface area contributed by atoms with Crippen molar-refractivity contribution in [2.75, 3.05) is 11.8 Å².